The number of sulfonamides is 1. The van der Waals surface area contributed by atoms with Crippen molar-refractivity contribution in [3.8, 4) is 5.75 Å². The van der Waals surface area contributed by atoms with Crippen molar-refractivity contribution in [3.63, 3.8) is 0 Å². The van der Waals surface area contributed by atoms with Gasteiger partial charge in [-0.15, -0.1) is 5.10 Å². The van der Waals surface area contributed by atoms with E-state index in [0.717, 1.165) is 0 Å². The Morgan fingerprint density at radius 1 is 1.16 bits per heavy atom. The lowest BCUT2D eigenvalue weighted by Gasteiger charge is -2.18. The zero-order valence-corrected chi connectivity index (χ0v) is 18.5. The van der Waals surface area contributed by atoms with Gasteiger partial charge in [0.1, 0.15) is 11.3 Å². The van der Waals surface area contributed by atoms with Gasteiger partial charge in [-0.1, -0.05) is 31.2 Å². The Labute approximate surface area is 181 Å². The lowest BCUT2D eigenvalue weighted by Crippen LogP contribution is -2.31. The second kappa shape index (κ2) is 9.75. The fraction of sp³-hybridized carbons (Fsp3) is 0.350. The Kier molecular flexibility index (Phi) is 7.08. The third-order valence-electron chi connectivity index (χ3n) is 4.79. The monoisotopic (exact) mass is 446 g/mol. The molecule has 1 heterocycles. The Bertz CT molecular complexity index is 1160. The molecule has 2 amide bonds. The van der Waals surface area contributed by atoms with Crippen molar-refractivity contribution in [2.24, 2.45) is 0 Å². The summed E-state index contributed by atoms with van der Waals surface area (Å²) >= 11 is 0. The molecule has 31 heavy (non-hydrogen) atoms. The molecule has 0 aliphatic carbocycles. The maximum Gasteiger partial charge on any atom is 0.319 e. The van der Waals surface area contributed by atoms with Crippen LogP contribution in [0.3, 0.4) is 0 Å². The first-order valence-electron chi connectivity index (χ1n) is 9.92. The van der Waals surface area contributed by atoms with E-state index in [-0.39, 0.29) is 10.9 Å². The summed E-state index contributed by atoms with van der Waals surface area (Å²) in [7, 11) is -2.03. The summed E-state index contributed by atoms with van der Waals surface area (Å²) in [6.07, 6.45) is 0. The Morgan fingerprint density at radius 3 is 2.61 bits per heavy atom. The minimum atomic E-state index is -3.57. The number of nitrogens with one attached hydrogen (secondary N) is 2. The molecular weight excluding hydrogens is 420 g/mol. The van der Waals surface area contributed by atoms with Gasteiger partial charge < -0.3 is 15.4 Å². The summed E-state index contributed by atoms with van der Waals surface area (Å²) in [5.74, 6) is 0.565. The van der Waals surface area contributed by atoms with Crippen LogP contribution in [0.25, 0.3) is 11.0 Å². The van der Waals surface area contributed by atoms with Gasteiger partial charge in [0.05, 0.1) is 29.8 Å². The van der Waals surface area contributed by atoms with Crippen molar-refractivity contribution in [1.29, 1.82) is 0 Å². The maximum atomic E-state index is 12.7. The molecule has 166 valence electrons. The van der Waals surface area contributed by atoms with E-state index < -0.39 is 10.0 Å². The number of rotatable bonds is 9. The third-order valence-corrected chi connectivity index (χ3v) is 6.84. The molecule has 0 fully saturated rings. The highest BCUT2D eigenvalue weighted by molar-refractivity contribution is 7.89. The van der Waals surface area contributed by atoms with Crippen molar-refractivity contribution in [2.45, 2.75) is 25.3 Å². The molecule has 0 radical (unpaired) electrons. The Morgan fingerprint density at radius 2 is 1.90 bits per heavy atom. The number of amides is 2. The molecule has 0 aliphatic heterocycles. The Hall–Kier alpha value is -3.18. The zero-order valence-electron chi connectivity index (χ0n) is 17.7. The molecular formula is C20H26N6O4S. The van der Waals surface area contributed by atoms with Gasteiger partial charge in [0.2, 0.25) is 10.0 Å². The van der Waals surface area contributed by atoms with Crippen molar-refractivity contribution < 1.29 is 17.9 Å². The van der Waals surface area contributed by atoms with E-state index in [2.05, 4.69) is 20.9 Å². The van der Waals surface area contributed by atoms with Crippen LogP contribution in [0.2, 0.25) is 0 Å². The summed E-state index contributed by atoms with van der Waals surface area (Å²) < 4.78 is 33.6. The highest BCUT2D eigenvalue weighted by Gasteiger charge is 2.22. The number of aromatic nitrogens is 3. The molecule has 1 aromatic heterocycles. The average molecular weight is 447 g/mol. The van der Waals surface area contributed by atoms with Gasteiger partial charge >= 0.3 is 6.03 Å². The molecule has 3 rings (SSSR count). The maximum absolute atomic E-state index is 12.7. The van der Waals surface area contributed by atoms with Crippen molar-refractivity contribution in [2.75, 3.05) is 32.1 Å². The van der Waals surface area contributed by atoms with E-state index >= 15 is 0 Å². The first kappa shape index (κ1) is 22.5. The van der Waals surface area contributed by atoms with Crippen LogP contribution in [-0.4, -0.2) is 60.5 Å². The number of carbonyl (C=O) groups is 1. The molecule has 11 heteroatoms. The van der Waals surface area contributed by atoms with E-state index in [4.69, 9.17) is 4.74 Å². The van der Waals surface area contributed by atoms with Crippen LogP contribution in [0.4, 0.5) is 10.5 Å². The number of hydrogen-bond acceptors (Lipinski definition) is 6. The number of ether oxygens (including phenoxy) is 1. The lowest BCUT2D eigenvalue weighted by molar-refractivity contribution is 0.251. The molecule has 0 saturated heterocycles. The summed E-state index contributed by atoms with van der Waals surface area (Å²) in [5.41, 5.74) is 1.73. The van der Waals surface area contributed by atoms with Crippen molar-refractivity contribution in [1.82, 2.24) is 24.6 Å². The summed E-state index contributed by atoms with van der Waals surface area (Å²) in [5, 5.41) is 13.6. The predicted molar refractivity (Wildman–Crippen MR) is 118 cm³/mol. The molecule has 3 aromatic rings. The van der Waals surface area contributed by atoms with Gasteiger partial charge in [-0.25, -0.2) is 17.9 Å². The third kappa shape index (κ3) is 4.94. The fourth-order valence-corrected chi connectivity index (χ4v) is 4.66. The molecule has 0 unspecified atom stereocenters. The SMILES string of the molecule is CCN(CC)S(=O)(=O)c1ccc2c(c1)nnn2CCNC(=O)Nc1ccccc1OC. The Balaban J connectivity index is 1.64. The topological polar surface area (TPSA) is 118 Å². The quantitative estimate of drug-likeness (QED) is 0.521. The molecule has 0 bridgehead atoms. The van der Waals surface area contributed by atoms with Gasteiger partial charge in [-0.3, -0.25) is 0 Å². The number of methoxy groups -OCH3 is 1. The minimum absolute atomic E-state index is 0.185. The van der Waals surface area contributed by atoms with Crippen molar-refractivity contribution in [3.05, 3.63) is 42.5 Å². The molecule has 0 atom stereocenters. The van der Waals surface area contributed by atoms with Gasteiger partial charge in [-0.2, -0.15) is 4.31 Å². The number of hydrogen-bond donors (Lipinski definition) is 2. The summed E-state index contributed by atoms with van der Waals surface area (Å²) in [6, 6.07) is 11.5. The standard InChI is InChI=1S/C20H26N6O4S/c1-4-25(5-2)31(28,29)15-10-11-18-17(14-15)23-24-26(18)13-12-21-20(27)22-16-8-6-7-9-19(16)30-3/h6-11,14H,4-5,12-13H2,1-3H3,(H2,21,22,27). The molecule has 0 aliphatic rings. The number of anilines is 1. The molecule has 2 N–H and O–H groups in total. The van der Waals surface area contributed by atoms with Crippen LogP contribution in [0.5, 0.6) is 5.75 Å². The van der Waals surface area contributed by atoms with Crippen LogP contribution in [0.15, 0.2) is 47.4 Å². The first-order chi connectivity index (χ1) is 14.9. The van der Waals surface area contributed by atoms with E-state index in [1.165, 1.54) is 17.5 Å². The van der Waals surface area contributed by atoms with Crippen LogP contribution in [-0.2, 0) is 16.6 Å². The van der Waals surface area contributed by atoms with Gasteiger partial charge in [-0.05, 0) is 30.3 Å². The number of carbonyl (C=O) groups excluding carboxylic acids is 1. The largest absolute Gasteiger partial charge is 0.495 e. The van der Waals surface area contributed by atoms with E-state index in [1.54, 1.807) is 48.9 Å². The number of fused-ring (bicyclic) bond motifs is 1. The molecule has 0 saturated carbocycles. The van der Waals surface area contributed by atoms with Gasteiger partial charge in [0.25, 0.3) is 0 Å². The first-order valence-corrected chi connectivity index (χ1v) is 11.4. The van der Waals surface area contributed by atoms with Crippen LogP contribution in [0.1, 0.15) is 13.8 Å². The highest BCUT2D eigenvalue weighted by Crippen LogP contribution is 2.23. The minimum Gasteiger partial charge on any atom is -0.495 e. The van der Waals surface area contributed by atoms with Crippen LogP contribution >= 0.6 is 0 Å². The number of nitrogens with zero attached hydrogens (tertiary/aromatic N) is 4. The lowest BCUT2D eigenvalue weighted by atomic mass is 10.3. The number of benzene rings is 2. The normalized spacial score (nSPS) is 11.6. The number of urea groups is 1. The summed E-state index contributed by atoms with van der Waals surface area (Å²) in [6.45, 7) is 5.06. The smallest absolute Gasteiger partial charge is 0.319 e. The summed E-state index contributed by atoms with van der Waals surface area (Å²) in [4.78, 5) is 12.3. The molecule has 0 spiro atoms. The molecule has 10 nitrogen and oxygen atoms in total. The van der Waals surface area contributed by atoms with Gasteiger partial charge in [0.15, 0.2) is 0 Å². The van der Waals surface area contributed by atoms with Crippen LogP contribution < -0.4 is 15.4 Å². The average Bonchev–Trinajstić information content (AvgIpc) is 3.17. The second-order valence-electron chi connectivity index (χ2n) is 6.63. The van der Waals surface area contributed by atoms with Gasteiger partial charge in [0, 0.05) is 19.6 Å². The second-order valence-corrected chi connectivity index (χ2v) is 8.57. The van der Waals surface area contributed by atoms with Crippen LogP contribution in [0, 0.1) is 0 Å². The highest BCUT2D eigenvalue weighted by atomic mass is 32.2. The predicted octanol–water partition coefficient (Wildman–Crippen LogP) is 2.29. The van der Waals surface area contributed by atoms with E-state index in [9.17, 15) is 13.2 Å². The number of para-hydroxylation sites is 2. The van der Waals surface area contributed by atoms with E-state index in [1.807, 2.05) is 6.07 Å². The van der Waals surface area contributed by atoms with E-state index in [0.29, 0.717) is 48.6 Å². The molecule has 2 aromatic carbocycles. The van der Waals surface area contributed by atoms with Crippen molar-refractivity contribution >= 4 is 32.8 Å². The zero-order chi connectivity index (χ0) is 22.4. The fourth-order valence-electron chi connectivity index (χ4n) is 3.18.